The van der Waals surface area contributed by atoms with Gasteiger partial charge in [0.15, 0.2) is 0 Å². The van der Waals surface area contributed by atoms with Gasteiger partial charge in [-0.2, -0.15) is 0 Å². The monoisotopic (exact) mass is 215 g/mol. The van der Waals surface area contributed by atoms with E-state index < -0.39 is 0 Å². The third-order valence-electron chi connectivity index (χ3n) is 2.05. The lowest BCUT2D eigenvalue weighted by Crippen LogP contribution is -2.27. The molecule has 4 nitrogen and oxygen atoms in total. The van der Waals surface area contributed by atoms with E-state index in [1.807, 2.05) is 24.9 Å². The van der Waals surface area contributed by atoms with Crippen molar-refractivity contribution in [2.24, 2.45) is 0 Å². The van der Waals surface area contributed by atoms with Crippen LogP contribution in [0.5, 0.6) is 0 Å². The molecule has 15 heavy (non-hydrogen) atoms. The Kier molecular flexibility index (Phi) is 6.99. The van der Waals surface area contributed by atoms with Crippen molar-refractivity contribution in [1.29, 1.82) is 0 Å². The molecule has 0 rings (SSSR count). The molecule has 0 spiro atoms. The number of hydrogen-bond donors (Lipinski definition) is 1. The number of rotatable bonds is 6. The number of hydrogen-bond acceptors (Lipinski definition) is 4. The van der Waals surface area contributed by atoms with Crippen LogP contribution in [0.1, 0.15) is 20.3 Å². The predicted octanol–water partition coefficient (Wildman–Crippen LogP) is 0.808. The first-order valence-electron chi connectivity index (χ1n) is 5.15. The van der Waals surface area contributed by atoms with Gasteiger partial charge in [0.2, 0.25) is 0 Å². The van der Waals surface area contributed by atoms with Gasteiger partial charge in [-0.25, -0.2) is 4.79 Å². The maximum atomic E-state index is 11.2. The van der Waals surface area contributed by atoms with E-state index in [2.05, 4.69) is 4.74 Å². The number of nitrogens with zero attached hydrogens (tertiary/aromatic N) is 1. The Morgan fingerprint density at radius 1 is 1.60 bits per heavy atom. The van der Waals surface area contributed by atoms with Crippen molar-refractivity contribution in [3.8, 4) is 0 Å². The van der Waals surface area contributed by atoms with E-state index in [9.17, 15) is 4.79 Å². The molecule has 0 aliphatic rings. The minimum absolute atomic E-state index is 0.275. The zero-order chi connectivity index (χ0) is 11.8. The Bertz CT molecular complexity index is 224. The molecule has 0 radical (unpaired) electrons. The lowest BCUT2D eigenvalue weighted by atomic mass is 10.2. The molecule has 1 atom stereocenters. The standard InChI is InChI=1S/C11H21NO3/c1-5-10(11(14)15-4)6-7-12(3)8-9(2)13/h6,9,13H,5,7-8H2,1-4H3. The van der Waals surface area contributed by atoms with Crippen LogP contribution in [0.4, 0.5) is 0 Å². The minimum atomic E-state index is -0.355. The van der Waals surface area contributed by atoms with E-state index in [0.29, 0.717) is 25.1 Å². The Morgan fingerprint density at radius 3 is 2.60 bits per heavy atom. The first kappa shape index (κ1) is 14.1. The predicted molar refractivity (Wildman–Crippen MR) is 59.6 cm³/mol. The van der Waals surface area contributed by atoms with E-state index in [1.165, 1.54) is 7.11 Å². The van der Waals surface area contributed by atoms with Crippen LogP contribution in [0.3, 0.4) is 0 Å². The highest BCUT2D eigenvalue weighted by Crippen LogP contribution is 2.03. The number of esters is 1. The van der Waals surface area contributed by atoms with Gasteiger partial charge >= 0.3 is 5.97 Å². The Balaban J connectivity index is 4.16. The summed E-state index contributed by atoms with van der Waals surface area (Å²) in [6.45, 7) is 4.89. The van der Waals surface area contributed by atoms with E-state index >= 15 is 0 Å². The third kappa shape index (κ3) is 6.25. The van der Waals surface area contributed by atoms with Crippen molar-refractivity contribution in [2.45, 2.75) is 26.4 Å². The normalized spacial score (nSPS) is 14.1. The van der Waals surface area contributed by atoms with Gasteiger partial charge in [0.1, 0.15) is 0 Å². The van der Waals surface area contributed by atoms with Crippen LogP contribution >= 0.6 is 0 Å². The summed E-state index contributed by atoms with van der Waals surface area (Å²) in [5.74, 6) is -0.275. The fourth-order valence-corrected chi connectivity index (χ4v) is 1.29. The molecule has 0 saturated carbocycles. The summed E-state index contributed by atoms with van der Waals surface area (Å²) in [6.07, 6.45) is 2.15. The van der Waals surface area contributed by atoms with Gasteiger partial charge in [-0.1, -0.05) is 13.0 Å². The minimum Gasteiger partial charge on any atom is -0.466 e. The van der Waals surface area contributed by atoms with Crippen LogP contribution < -0.4 is 0 Å². The fourth-order valence-electron chi connectivity index (χ4n) is 1.29. The molecule has 0 bridgehead atoms. The van der Waals surface area contributed by atoms with Crippen molar-refractivity contribution >= 4 is 5.97 Å². The summed E-state index contributed by atoms with van der Waals surface area (Å²) in [4.78, 5) is 13.2. The van der Waals surface area contributed by atoms with Crippen LogP contribution in [0.2, 0.25) is 0 Å². The second-order valence-corrected chi connectivity index (χ2v) is 3.64. The molecule has 0 aromatic carbocycles. The highest BCUT2D eigenvalue weighted by molar-refractivity contribution is 5.88. The SMILES string of the molecule is CCC(=CCN(C)CC(C)O)C(=O)OC. The number of methoxy groups -OCH3 is 1. The first-order valence-corrected chi connectivity index (χ1v) is 5.15. The van der Waals surface area contributed by atoms with Gasteiger partial charge in [0.05, 0.1) is 13.2 Å². The van der Waals surface area contributed by atoms with E-state index in [-0.39, 0.29) is 12.1 Å². The van der Waals surface area contributed by atoms with Crippen molar-refractivity contribution in [2.75, 3.05) is 27.2 Å². The number of carbonyl (C=O) groups excluding carboxylic acids is 1. The molecule has 0 aliphatic carbocycles. The van der Waals surface area contributed by atoms with Gasteiger partial charge < -0.3 is 14.7 Å². The van der Waals surface area contributed by atoms with Crippen molar-refractivity contribution in [3.05, 3.63) is 11.6 Å². The molecule has 1 N–H and O–H groups in total. The van der Waals surface area contributed by atoms with Gasteiger partial charge in [0.25, 0.3) is 0 Å². The van der Waals surface area contributed by atoms with Crippen LogP contribution in [0, 0.1) is 0 Å². The topological polar surface area (TPSA) is 49.8 Å². The maximum Gasteiger partial charge on any atom is 0.333 e. The average Bonchev–Trinajstić information content (AvgIpc) is 2.17. The molecule has 0 aromatic heterocycles. The second kappa shape index (κ2) is 7.43. The third-order valence-corrected chi connectivity index (χ3v) is 2.05. The molecule has 0 heterocycles. The van der Waals surface area contributed by atoms with E-state index in [0.717, 1.165) is 0 Å². The largest absolute Gasteiger partial charge is 0.466 e. The summed E-state index contributed by atoms with van der Waals surface area (Å²) in [5.41, 5.74) is 0.676. The summed E-state index contributed by atoms with van der Waals surface area (Å²) in [6, 6.07) is 0. The fraction of sp³-hybridized carbons (Fsp3) is 0.727. The van der Waals surface area contributed by atoms with Crippen LogP contribution in [-0.4, -0.2) is 49.3 Å². The first-order chi connectivity index (χ1) is 7.01. The molecular formula is C11H21NO3. The quantitative estimate of drug-likeness (QED) is 0.526. The lowest BCUT2D eigenvalue weighted by molar-refractivity contribution is -0.136. The summed E-state index contributed by atoms with van der Waals surface area (Å²) < 4.78 is 4.64. The number of aliphatic hydroxyl groups excluding tert-OH is 1. The van der Waals surface area contributed by atoms with E-state index in [4.69, 9.17) is 5.11 Å². The molecule has 88 valence electrons. The van der Waals surface area contributed by atoms with Gasteiger partial charge in [-0.3, -0.25) is 0 Å². The zero-order valence-electron chi connectivity index (χ0n) is 9.99. The Labute approximate surface area is 91.5 Å². The molecule has 0 aromatic rings. The van der Waals surface area contributed by atoms with Gasteiger partial charge in [-0.05, 0) is 20.4 Å². The second-order valence-electron chi connectivity index (χ2n) is 3.64. The zero-order valence-corrected chi connectivity index (χ0v) is 9.99. The molecule has 0 saturated heterocycles. The molecule has 0 aliphatic heterocycles. The van der Waals surface area contributed by atoms with Crippen LogP contribution in [0.25, 0.3) is 0 Å². The van der Waals surface area contributed by atoms with Crippen LogP contribution in [-0.2, 0) is 9.53 Å². The number of aliphatic hydroxyl groups is 1. The maximum absolute atomic E-state index is 11.2. The average molecular weight is 215 g/mol. The Hall–Kier alpha value is -0.870. The van der Waals surface area contributed by atoms with E-state index in [1.54, 1.807) is 6.92 Å². The summed E-state index contributed by atoms with van der Waals surface area (Å²) in [7, 11) is 3.28. The van der Waals surface area contributed by atoms with Gasteiger partial charge in [-0.15, -0.1) is 0 Å². The highest BCUT2D eigenvalue weighted by atomic mass is 16.5. The number of carbonyl (C=O) groups is 1. The molecule has 1 unspecified atom stereocenters. The lowest BCUT2D eigenvalue weighted by Gasteiger charge is -2.16. The summed E-state index contributed by atoms with van der Waals surface area (Å²) >= 11 is 0. The summed E-state index contributed by atoms with van der Waals surface area (Å²) in [5, 5.41) is 9.15. The highest BCUT2D eigenvalue weighted by Gasteiger charge is 2.07. The van der Waals surface area contributed by atoms with Crippen LogP contribution in [0.15, 0.2) is 11.6 Å². The molecule has 4 heteroatoms. The van der Waals surface area contributed by atoms with Gasteiger partial charge in [0, 0.05) is 18.7 Å². The number of likely N-dealkylation sites (N-methyl/N-ethyl adjacent to an activating group) is 1. The Morgan fingerprint density at radius 2 is 2.20 bits per heavy atom. The number of ether oxygens (including phenoxy) is 1. The smallest absolute Gasteiger partial charge is 0.333 e. The van der Waals surface area contributed by atoms with Crippen molar-refractivity contribution in [1.82, 2.24) is 4.90 Å². The van der Waals surface area contributed by atoms with Crippen molar-refractivity contribution in [3.63, 3.8) is 0 Å². The molecular weight excluding hydrogens is 194 g/mol. The molecule has 0 fully saturated rings. The van der Waals surface area contributed by atoms with Crippen molar-refractivity contribution < 1.29 is 14.6 Å². The molecule has 0 amide bonds.